The van der Waals surface area contributed by atoms with E-state index in [0.717, 1.165) is 58.8 Å². The SMILES string of the molecule is CCc1nccn1CCN1CCN(CC(=O)N2CCCC2)CC1. The van der Waals surface area contributed by atoms with Gasteiger partial charge in [-0.15, -0.1) is 0 Å². The van der Waals surface area contributed by atoms with E-state index in [9.17, 15) is 4.79 Å². The van der Waals surface area contributed by atoms with Crippen molar-refractivity contribution in [1.29, 1.82) is 0 Å². The molecular weight excluding hydrogens is 290 g/mol. The van der Waals surface area contributed by atoms with E-state index in [4.69, 9.17) is 0 Å². The largest absolute Gasteiger partial charge is 0.342 e. The van der Waals surface area contributed by atoms with Crippen molar-refractivity contribution in [2.24, 2.45) is 0 Å². The van der Waals surface area contributed by atoms with Crippen molar-refractivity contribution in [3.05, 3.63) is 18.2 Å². The van der Waals surface area contributed by atoms with Crippen LogP contribution in [-0.4, -0.2) is 82.5 Å². The Bertz CT molecular complexity index is 501. The van der Waals surface area contributed by atoms with Gasteiger partial charge < -0.3 is 9.47 Å². The lowest BCUT2D eigenvalue weighted by Crippen LogP contribution is -2.50. The number of rotatable bonds is 6. The zero-order valence-corrected chi connectivity index (χ0v) is 14.3. The number of piperazine rings is 1. The molecule has 1 aromatic rings. The summed E-state index contributed by atoms with van der Waals surface area (Å²) in [6, 6.07) is 0. The number of hydrogen-bond donors (Lipinski definition) is 0. The lowest BCUT2D eigenvalue weighted by atomic mass is 10.3. The molecule has 0 aliphatic carbocycles. The van der Waals surface area contributed by atoms with Crippen LogP contribution >= 0.6 is 0 Å². The van der Waals surface area contributed by atoms with Crippen LogP contribution in [0.4, 0.5) is 0 Å². The minimum atomic E-state index is 0.321. The summed E-state index contributed by atoms with van der Waals surface area (Å²) in [5, 5.41) is 0. The molecule has 1 aromatic heterocycles. The van der Waals surface area contributed by atoms with Crippen molar-refractivity contribution in [3.8, 4) is 0 Å². The van der Waals surface area contributed by atoms with Crippen LogP contribution in [0.15, 0.2) is 12.4 Å². The van der Waals surface area contributed by atoms with Crippen molar-refractivity contribution in [2.45, 2.75) is 32.7 Å². The second-order valence-electron chi connectivity index (χ2n) is 6.60. The highest BCUT2D eigenvalue weighted by atomic mass is 16.2. The number of carbonyl (C=O) groups is 1. The average Bonchev–Trinajstić information content (AvgIpc) is 3.25. The molecule has 6 heteroatoms. The van der Waals surface area contributed by atoms with Gasteiger partial charge in [-0.25, -0.2) is 4.98 Å². The third kappa shape index (κ3) is 4.32. The van der Waals surface area contributed by atoms with E-state index in [1.807, 2.05) is 11.1 Å². The number of amides is 1. The number of aryl methyl sites for hydroxylation is 1. The highest BCUT2D eigenvalue weighted by Gasteiger charge is 2.23. The topological polar surface area (TPSA) is 44.6 Å². The van der Waals surface area contributed by atoms with Crippen molar-refractivity contribution in [1.82, 2.24) is 24.3 Å². The first-order chi connectivity index (χ1) is 11.3. The second-order valence-corrected chi connectivity index (χ2v) is 6.60. The smallest absolute Gasteiger partial charge is 0.236 e. The molecule has 2 aliphatic heterocycles. The second kappa shape index (κ2) is 7.93. The molecule has 6 nitrogen and oxygen atoms in total. The summed E-state index contributed by atoms with van der Waals surface area (Å²) in [7, 11) is 0. The maximum Gasteiger partial charge on any atom is 0.236 e. The lowest BCUT2D eigenvalue weighted by Gasteiger charge is -2.35. The van der Waals surface area contributed by atoms with Gasteiger partial charge in [0.25, 0.3) is 0 Å². The fourth-order valence-corrected chi connectivity index (χ4v) is 3.54. The monoisotopic (exact) mass is 319 g/mol. The first-order valence-corrected chi connectivity index (χ1v) is 8.98. The van der Waals surface area contributed by atoms with Crippen molar-refractivity contribution < 1.29 is 4.79 Å². The molecule has 1 amide bonds. The predicted molar refractivity (Wildman–Crippen MR) is 90.3 cm³/mol. The Labute approximate surface area is 139 Å². The van der Waals surface area contributed by atoms with E-state index in [1.54, 1.807) is 0 Å². The highest BCUT2D eigenvalue weighted by Crippen LogP contribution is 2.09. The molecule has 0 spiro atoms. The first kappa shape index (κ1) is 16.5. The first-order valence-electron chi connectivity index (χ1n) is 8.98. The molecule has 0 bridgehead atoms. The van der Waals surface area contributed by atoms with Crippen LogP contribution in [0, 0.1) is 0 Å². The van der Waals surface area contributed by atoms with E-state index >= 15 is 0 Å². The van der Waals surface area contributed by atoms with Gasteiger partial charge in [-0.1, -0.05) is 6.92 Å². The molecule has 0 radical (unpaired) electrons. The van der Waals surface area contributed by atoms with E-state index in [1.165, 1.54) is 18.7 Å². The summed E-state index contributed by atoms with van der Waals surface area (Å²) in [5.74, 6) is 1.49. The fourth-order valence-electron chi connectivity index (χ4n) is 3.54. The third-order valence-electron chi connectivity index (χ3n) is 5.06. The van der Waals surface area contributed by atoms with E-state index < -0.39 is 0 Å². The molecule has 0 atom stereocenters. The number of nitrogens with zero attached hydrogens (tertiary/aromatic N) is 5. The highest BCUT2D eigenvalue weighted by molar-refractivity contribution is 5.78. The van der Waals surface area contributed by atoms with Gasteiger partial charge in [-0.05, 0) is 12.8 Å². The zero-order valence-electron chi connectivity index (χ0n) is 14.3. The van der Waals surface area contributed by atoms with Crippen LogP contribution in [0.5, 0.6) is 0 Å². The van der Waals surface area contributed by atoms with Crippen LogP contribution in [0.2, 0.25) is 0 Å². The predicted octanol–water partition coefficient (Wildman–Crippen LogP) is 0.686. The van der Waals surface area contributed by atoms with Gasteiger partial charge in [0.1, 0.15) is 5.82 Å². The Morgan fingerprint density at radius 2 is 1.74 bits per heavy atom. The Balaban J connectivity index is 1.37. The molecule has 3 rings (SSSR count). The van der Waals surface area contributed by atoms with Crippen LogP contribution in [-0.2, 0) is 17.8 Å². The molecule has 23 heavy (non-hydrogen) atoms. The molecule has 2 saturated heterocycles. The number of imidazole rings is 1. The molecule has 0 aromatic carbocycles. The molecular formula is C17H29N5O. The van der Waals surface area contributed by atoms with Gasteiger partial charge in [0.15, 0.2) is 0 Å². The lowest BCUT2D eigenvalue weighted by molar-refractivity contribution is -0.131. The molecule has 0 unspecified atom stereocenters. The molecule has 2 fully saturated rings. The summed E-state index contributed by atoms with van der Waals surface area (Å²) in [6.45, 7) is 10.9. The van der Waals surface area contributed by atoms with E-state index in [0.29, 0.717) is 12.5 Å². The third-order valence-corrected chi connectivity index (χ3v) is 5.06. The number of carbonyl (C=O) groups excluding carboxylic acids is 1. The number of hydrogen-bond acceptors (Lipinski definition) is 4. The number of aromatic nitrogens is 2. The maximum absolute atomic E-state index is 12.2. The Kier molecular flexibility index (Phi) is 5.67. The molecule has 2 aliphatic rings. The van der Waals surface area contributed by atoms with Gasteiger partial charge in [0.2, 0.25) is 5.91 Å². The van der Waals surface area contributed by atoms with Crippen molar-refractivity contribution in [3.63, 3.8) is 0 Å². The molecule has 0 N–H and O–H groups in total. The van der Waals surface area contributed by atoms with Gasteiger partial charge >= 0.3 is 0 Å². The quantitative estimate of drug-likeness (QED) is 0.774. The Morgan fingerprint density at radius 3 is 2.43 bits per heavy atom. The zero-order chi connectivity index (χ0) is 16.1. The summed E-state index contributed by atoms with van der Waals surface area (Å²) in [5.41, 5.74) is 0. The van der Waals surface area contributed by atoms with E-state index in [-0.39, 0.29) is 0 Å². The average molecular weight is 319 g/mol. The van der Waals surface area contributed by atoms with Crippen molar-refractivity contribution in [2.75, 3.05) is 52.4 Å². The normalized spacial score (nSPS) is 20.3. The summed E-state index contributed by atoms with van der Waals surface area (Å²) >= 11 is 0. The van der Waals surface area contributed by atoms with Crippen LogP contribution in [0.25, 0.3) is 0 Å². The molecule has 3 heterocycles. The van der Waals surface area contributed by atoms with Gasteiger partial charge in [0.05, 0.1) is 6.54 Å². The van der Waals surface area contributed by atoms with Crippen LogP contribution < -0.4 is 0 Å². The summed E-state index contributed by atoms with van der Waals surface area (Å²) in [6.07, 6.45) is 7.30. The van der Waals surface area contributed by atoms with E-state index in [2.05, 4.69) is 32.5 Å². The summed E-state index contributed by atoms with van der Waals surface area (Å²) < 4.78 is 2.25. The summed E-state index contributed by atoms with van der Waals surface area (Å²) in [4.78, 5) is 23.4. The number of likely N-dealkylation sites (tertiary alicyclic amines) is 1. The standard InChI is InChI=1S/C17H29N5O/c1-2-16-18-5-8-21(16)14-13-19-9-11-20(12-10-19)15-17(23)22-6-3-4-7-22/h5,8H,2-4,6-7,9-15H2,1H3. The van der Waals surface area contributed by atoms with Crippen LogP contribution in [0.3, 0.4) is 0 Å². The van der Waals surface area contributed by atoms with Gasteiger partial charge in [-0.3, -0.25) is 14.6 Å². The van der Waals surface area contributed by atoms with Crippen molar-refractivity contribution >= 4 is 5.91 Å². The molecule has 0 saturated carbocycles. The minimum absolute atomic E-state index is 0.321. The fraction of sp³-hybridized carbons (Fsp3) is 0.765. The molecule has 128 valence electrons. The maximum atomic E-state index is 12.2. The van der Waals surface area contributed by atoms with Gasteiger partial charge in [-0.2, -0.15) is 0 Å². The van der Waals surface area contributed by atoms with Crippen LogP contribution in [0.1, 0.15) is 25.6 Å². The Morgan fingerprint density at radius 1 is 1.04 bits per heavy atom. The van der Waals surface area contributed by atoms with Gasteiger partial charge in [0, 0.05) is 71.2 Å². The Hall–Kier alpha value is -1.40. The minimum Gasteiger partial charge on any atom is -0.342 e.